The van der Waals surface area contributed by atoms with Gasteiger partial charge < -0.3 is 16.4 Å². The van der Waals surface area contributed by atoms with Gasteiger partial charge in [-0.05, 0) is 30.4 Å². The van der Waals surface area contributed by atoms with Crippen molar-refractivity contribution in [2.45, 2.75) is 12.5 Å². The highest BCUT2D eigenvalue weighted by Crippen LogP contribution is 2.25. The lowest BCUT2D eigenvalue weighted by Crippen LogP contribution is -2.20. The summed E-state index contributed by atoms with van der Waals surface area (Å²) in [4.78, 5) is 11.4. The van der Waals surface area contributed by atoms with E-state index in [4.69, 9.17) is 5.73 Å². The second kappa shape index (κ2) is 5.31. The summed E-state index contributed by atoms with van der Waals surface area (Å²) in [6.07, 6.45) is 1.17. The number of hydrogen-bond acceptors (Lipinski definition) is 4. The van der Waals surface area contributed by atoms with E-state index in [1.54, 1.807) is 19.2 Å². The van der Waals surface area contributed by atoms with Crippen LogP contribution in [0.5, 0.6) is 0 Å². The molecule has 1 fully saturated rings. The minimum atomic E-state index is -0.111. The molecular weight excluding hydrogens is 234 g/mol. The van der Waals surface area contributed by atoms with Crippen molar-refractivity contribution in [3.05, 3.63) is 23.8 Å². The van der Waals surface area contributed by atoms with Crippen molar-refractivity contribution in [1.29, 1.82) is 0 Å². The predicted molar refractivity (Wildman–Crippen MR) is 73.6 cm³/mol. The highest BCUT2D eigenvalue weighted by molar-refractivity contribution is 7.99. The number of hydrogen-bond donors (Lipinski definition) is 3. The molecule has 0 spiro atoms. The molecule has 1 unspecified atom stereocenters. The van der Waals surface area contributed by atoms with Crippen molar-refractivity contribution in [1.82, 2.24) is 5.32 Å². The monoisotopic (exact) mass is 251 g/mol. The number of nitrogens with one attached hydrogen (secondary N) is 2. The zero-order valence-electron chi connectivity index (χ0n) is 9.82. The molecular formula is C12H17N3OS. The zero-order valence-corrected chi connectivity index (χ0v) is 10.6. The van der Waals surface area contributed by atoms with E-state index in [9.17, 15) is 4.79 Å². The highest BCUT2D eigenvalue weighted by Gasteiger charge is 2.16. The van der Waals surface area contributed by atoms with Crippen LogP contribution in [0.2, 0.25) is 0 Å². The Balaban J connectivity index is 2.10. The number of nitrogens with two attached hydrogens (primary N) is 1. The van der Waals surface area contributed by atoms with E-state index in [1.165, 1.54) is 12.2 Å². The first-order valence-corrected chi connectivity index (χ1v) is 6.82. The van der Waals surface area contributed by atoms with Gasteiger partial charge in [0.25, 0.3) is 5.91 Å². The third kappa shape index (κ3) is 2.85. The van der Waals surface area contributed by atoms with Crippen molar-refractivity contribution < 1.29 is 4.79 Å². The fourth-order valence-corrected chi connectivity index (χ4v) is 3.00. The lowest BCUT2D eigenvalue weighted by atomic mass is 10.1. The Morgan fingerprint density at radius 2 is 2.35 bits per heavy atom. The first kappa shape index (κ1) is 12.1. The van der Waals surface area contributed by atoms with Gasteiger partial charge in [-0.3, -0.25) is 4.79 Å². The second-order valence-corrected chi connectivity index (χ2v) is 5.24. The summed E-state index contributed by atoms with van der Waals surface area (Å²) in [7, 11) is 1.61. The Morgan fingerprint density at radius 3 is 2.94 bits per heavy atom. The number of carbonyl (C=O) groups is 1. The van der Waals surface area contributed by atoms with Crippen LogP contribution in [-0.2, 0) is 0 Å². The molecule has 1 heterocycles. The van der Waals surface area contributed by atoms with Crippen LogP contribution >= 0.6 is 11.8 Å². The van der Waals surface area contributed by atoms with Crippen LogP contribution in [0.1, 0.15) is 16.8 Å². The van der Waals surface area contributed by atoms with Gasteiger partial charge in [0.1, 0.15) is 0 Å². The molecule has 0 saturated carbocycles. The Labute approximate surface area is 105 Å². The molecule has 1 amide bonds. The SMILES string of the molecule is CNC(=O)c1ccc(NC2CCSC2)c(N)c1. The van der Waals surface area contributed by atoms with Gasteiger partial charge in [-0.15, -0.1) is 0 Å². The number of thioether (sulfide) groups is 1. The molecule has 0 bridgehead atoms. The molecule has 1 atom stereocenters. The van der Waals surface area contributed by atoms with E-state index in [-0.39, 0.29) is 5.91 Å². The molecule has 1 aromatic rings. The lowest BCUT2D eigenvalue weighted by Gasteiger charge is -2.15. The predicted octanol–water partition coefficient (Wildman–Crippen LogP) is 1.55. The summed E-state index contributed by atoms with van der Waals surface area (Å²) in [5, 5.41) is 6.00. The minimum Gasteiger partial charge on any atom is -0.397 e. The fourth-order valence-electron chi connectivity index (χ4n) is 1.85. The maximum atomic E-state index is 11.4. The molecule has 4 nitrogen and oxygen atoms in total. The molecule has 92 valence electrons. The average molecular weight is 251 g/mol. The van der Waals surface area contributed by atoms with Crippen molar-refractivity contribution in [3.8, 4) is 0 Å². The van der Waals surface area contributed by atoms with E-state index < -0.39 is 0 Å². The molecule has 4 N–H and O–H groups in total. The van der Waals surface area contributed by atoms with Crippen LogP contribution in [0.3, 0.4) is 0 Å². The minimum absolute atomic E-state index is 0.111. The summed E-state index contributed by atoms with van der Waals surface area (Å²) in [6, 6.07) is 5.87. The average Bonchev–Trinajstić information content (AvgIpc) is 2.83. The zero-order chi connectivity index (χ0) is 12.3. The smallest absolute Gasteiger partial charge is 0.251 e. The van der Waals surface area contributed by atoms with Gasteiger partial charge in [0, 0.05) is 24.4 Å². The first-order chi connectivity index (χ1) is 8.20. The van der Waals surface area contributed by atoms with Gasteiger partial charge >= 0.3 is 0 Å². The third-order valence-electron chi connectivity index (χ3n) is 2.83. The lowest BCUT2D eigenvalue weighted by molar-refractivity contribution is 0.0963. The standard InChI is InChI=1S/C12H17N3OS/c1-14-12(16)8-2-3-11(10(13)6-8)15-9-4-5-17-7-9/h2-3,6,9,15H,4-5,7,13H2,1H3,(H,14,16). The summed E-state index contributed by atoms with van der Waals surface area (Å²) in [5.74, 6) is 2.21. The van der Waals surface area contributed by atoms with Crippen LogP contribution in [0.15, 0.2) is 18.2 Å². The second-order valence-electron chi connectivity index (χ2n) is 4.09. The Morgan fingerprint density at radius 1 is 1.53 bits per heavy atom. The Bertz CT molecular complexity index is 416. The maximum Gasteiger partial charge on any atom is 0.251 e. The third-order valence-corrected chi connectivity index (χ3v) is 3.99. The molecule has 1 aromatic carbocycles. The molecule has 17 heavy (non-hydrogen) atoms. The molecule has 2 rings (SSSR count). The number of amides is 1. The number of carbonyl (C=O) groups excluding carboxylic acids is 1. The van der Waals surface area contributed by atoms with Gasteiger partial charge in [0.05, 0.1) is 11.4 Å². The first-order valence-electron chi connectivity index (χ1n) is 5.66. The van der Waals surface area contributed by atoms with E-state index >= 15 is 0 Å². The molecule has 5 heteroatoms. The van der Waals surface area contributed by atoms with E-state index in [0.717, 1.165) is 11.4 Å². The van der Waals surface area contributed by atoms with Gasteiger partial charge in [0.15, 0.2) is 0 Å². The van der Waals surface area contributed by atoms with Crippen molar-refractivity contribution in [2.75, 3.05) is 29.6 Å². The molecule has 0 aliphatic carbocycles. The molecule has 1 saturated heterocycles. The van der Waals surface area contributed by atoms with Crippen molar-refractivity contribution in [2.24, 2.45) is 0 Å². The van der Waals surface area contributed by atoms with E-state index in [0.29, 0.717) is 17.3 Å². The fraction of sp³-hybridized carbons (Fsp3) is 0.417. The quantitative estimate of drug-likeness (QED) is 0.713. The number of anilines is 2. The van der Waals surface area contributed by atoms with Crippen LogP contribution in [0, 0.1) is 0 Å². The summed E-state index contributed by atoms with van der Waals surface area (Å²) >= 11 is 1.95. The number of benzene rings is 1. The van der Waals surface area contributed by atoms with E-state index in [1.807, 2.05) is 17.8 Å². The van der Waals surface area contributed by atoms with Crippen LogP contribution in [-0.4, -0.2) is 30.5 Å². The number of nitrogen functional groups attached to an aromatic ring is 1. The normalized spacial score (nSPS) is 19.0. The van der Waals surface area contributed by atoms with Gasteiger partial charge in [0.2, 0.25) is 0 Å². The summed E-state index contributed by atoms with van der Waals surface area (Å²) in [6.45, 7) is 0. The largest absolute Gasteiger partial charge is 0.397 e. The molecule has 1 aliphatic rings. The Hall–Kier alpha value is -1.36. The molecule has 1 aliphatic heterocycles. The summed E-state index contributed by atoms with van der Waals surface area (Å²) < 4.78 is 0. The van der Waals surface area contributed by atoms with Crippen molar-refractivity contribution in [3.63, 3.8) is 0 Å². The number of rotatable bonds is 3. The van der Waals surface area contributed by atoms with Gasteiger partial charge in [-0.2, -0.15) is 11.8 Å². The maximum absolute atomic E-state index is 11.4. The van der Waals surface area contributed by atoms with Gasteiger partial charge in [-0.1, -0.05) is 0 Å². The van der Waals surface area contributed by atoms with Crippen LogP contribution in [0.4, 0.5) is 11.4 Å². The molecule has 0 radical (unpaired) electrons. The van der Waals surface area contributed by atoms with Crippen molar-refractivity contribution >= 4 is 29.0 Å². The van der Waals surface area contributed by atoms with E-state index in [2.05, 4.69) is 10.6 Å². The molecule has 0 aromatic heterocycles. The topological polar surface area (TPSA) is 67.2 Å². The Kier molecular flexibility index (Phi) is 3.78. The van der Waals surface area contributed by atoms with Crippen LogP contribution < -0.4 is 16.4 Å². The van der Waals surface area contributed by atoms with Gasteiger partial charge in [-0.25, -0.2) is 0 Å². The highest BCUT2D eigenvalue weighted by atomic mass is 32.2. The van der Waals surface area contributed by atoms with Crippen LogP contribution in [0.25, 0.3) is 0 Å². The summed E-state index contributed by atoms with van der Waals surface area (Å²) in [5.41, 5.74) is 8.09.